The molecule has 0 aliphatic heterocycles. The summed E-state index contributed by atoms with van der Waals surface area (Å²) in [6.07, 6.45) is 0.574. The van der Waals surface area contributed by atoms with E-state index in [1.165, 1.54) is 24.3 Å². The summed E-state index contributed by atoms with van der Waals surface area (Å²) in [7, 11) is 0. The first-order chi connectivity index (χ1) is 9.06. The molecule has 0 heterocycles. The molecule has 0 aromatic heterocycles. The average Bonchev–Trinajstić information content (AvgIpc) is 2.74. The van der Waals surface area contributed by atoms with Crippen LogP contribution < -0.4 is 0 Å². The van der Waals surface area contributed by atoms with Crippen LogP contribution in [0.3, 0.4) is 0 Å². The number of nitro benzene ring substituents is 2. The van der Waals surface area contributed by atoms with E-state index in [4.69, 9.17) is 0 Å². The van der Waals surface area contributed by atoms with Gasteiger partial charge in [-0.2, -0.15) is 0 Å². The third-order valence-corrected chi connectivity index (χ3v) is 3.27. The fraction of sp³-hybridized carbons (Fsp3) is 0.0769. The largest absolute Gasteiger partial charge is 0.270 e. The van der Waals surface area contributed by atoms with Gasteiger partial charge in [-0.25, -0.2) is 0 Å². The van der Waals surface area contributed by atoms with Gasteiger partial charge in [0, 0.05) is 24.3 Å². The smallest absolute Gasteiger partial charge is 0.258 e. The molecular formula is C13H8N2O4. The molecule has 2 aromatic rings. The van der Waals surface area contributed by atoms with Crippen LogP contribution >= 0.6 is 0 Å². The van der Waals surface area contributed by atoms with Gasteiger partial charge in [-0.1, -0.05) is 6.07 Å². The molecule has 0 bridgehead atoms. The predicted octanol–water partition coefficient (Wildman–Crippen LogP) is 3.07. The zero-order valence-electron chi connectivity index (χ0n) is 9.70. The number of nitrogens with zero attached hydrogens (tertiary/aromatic N) is 2. The molecule has 0 atom stereocenters. The van der Waals surface area contributed by atoms with Gasteiger partial charge in [-0.15, -0.1) is 0 Å². The second-order valence-electron chi connectivity index (χ2n) is 4.37. The van der Waals surface area contributed by atoms with Gasteiger partial charge < -0.3 is 0 Å². The average molecular weight is 256 g/mol. The highest BCUT2D eigenvalue weighted by molar-refractivity contribution is 5.79. The van der Waals surface area contributed by atoms with Crippen LogP contribution in [0.4, 0.5) is 11.4 Å². The Labute approximate surface area is 107 Å². The van der Waals surface area contributed by atoms with Crippen molar-refractivity contribution in [1.29, 1.82) is 0 Å². The normalized spacial score (nSPS) is 11.8. The van der Waals surface area contributed by atoms with Gasteiger partial charge in [0.15, 0.2) is 0 Å². The summed E-state index contributed by atoms with van der Waals surface area (Å²) in [6.45, 7) is 0. The molecule has 0 unspecified atom stereocenters. The van der Waals surface area contributed by atoms with Crippen LogP contribution in [0.15, 0.2) is 36.4 Å². The molecule has 19 heavy (non-hydrogen) atoms. The van der Waals surface area contributed by atoms with Crippen LogP contribution in [0.25, 0.3) is 11.1 Å². The van der Waals surface area contributed by atoms with E-state index in [2.05, 4.69) is 0 Å². The molecule has 0 spiro atoms. The molecule has 94 valence electrons. The van der Waals surface area contributed by atoms with Crippen LogP contribution in [-0.4, -0.2) is 9.85 Å². The third kappa shape index (κ3) is 1.74. The second kappa shape index (κ2) is 3.88. The number of nitro groups is 2. The summed E-state index contributed by atoms with van der Waals surface area (Å²) >= 11 is 0. The number of rotatable bonds is 2. The highest BCUT2D eigenvalue weighted by atomic mass is 16.6. The predicted molar refractivity (Wildman–Crippen MR) is 68.0 cm³/mol. The van der Waals surface area contributed by atoms with Crippen molar-refractivity contribution in [3.8, 4) is 11.1 Å². The molecule has 0 fully saturated rings. The van der Waals surface area contributed by atoms with E-state index in [9.17, 15) is 20.2 Å². The molecule has 3 rings (SSSR count). The van der Waals surface area contributed by atoms with E-state index in [1.807, 2.05) is 0 Å². The minimum Gasteiger partial charge on any atom is -0.258 e. The van der Waals surface area contributed by atoms with E-state index in [-0.39, 0.29) is 11.4 Å². The van der Waals surface area contributed by atoms with Crippen molar-refractivity contribution < 1.29 is 9.85 Å². The quantitative estimate of drug-likeness (QED) is 0.520. The maximum absolute atomic E-state index is 10.8. The number of benzene rings is 2. The van der Waals surface area contributed by atoms with E-state index in [0.717, 1.165) is 22.3 Å². The molecule has 1 aliphatic carbocycles. The Morgan fingerprint density at radius 2 is 1.42 bits per heavy atom. The van der Waals surface area contributed by atoms with Crippen molar-refractivity contribution >= 4 is 11.4 Å². The van der Waals surface area contributed by atoms with E-state index >= 15 is 0 Å². The molecule has 2 aromatic carbocycles. The van der Waals surface area contributed by atoms with Gasteiger partial charge in [0.05, 0.1) is 9.85 Å². The summed E-state index contributed by atoms with van der Waals surface area (Å²) in [5.41, 5.74) is 3.50. The Hall–Kier alpha value is -2.76. The molecule has 0 radical (unpaired) electrons. The molecule has 6 nitrogen and oxygen atoms in total. The number of non-ortho nitro benzene ring substituents is 2. The van der Waals surface area contributed by atoms with Crippen molar-refractivity contribution in [2.75, 3.05) is 0 Å². The van der Waals surface area contributed by atoms with Gasteiger partial charge in [-0.3, -0.25) is 20.2 Å². The fourth-order valence-electron chi connectivity index (χ4n) is 2.39. The van der Waals surface area contributed by atoms with Crippen molar-refractivity contribution in [3.63, 3.8) is 0 Å². The topological polar surface area (TPSA) is 86.3 Å². The first-order valence-corrected chi connectivity index (χ1v) is 5.61. The lowest BCUT2D eigenvalue weighted by Gasteiger charge is -2.00. The molecule has 0 N–H and O–H groups in total. The number of fused-ring (bicyclic) bond motifs is 3. The van der Waals surface area contributed by atoms with Crippen molar-refractivity contribution in [2.45, 2.75) is 6.42 Å². The third-order valence-electron chi connectivity index (χ3n) is 3.27. The van der Waals surface area contributed by atoms with Gasteiger partial charge in [0.1, 0.15) is 0 Å². The Morgan fingerprint density at radius 3 is 2.11 bits per heavy atom. The summed E-state index contributed by atoms with van der Waals surface area (Å²) in [5, 5.41) is 21.5. The van der Waals surface area contributed by atoms with Gasteiger partial charge in [-0.05, 0) is 34.7 Å². The van der Waals surface area contributed by atoms with Gasteiger partial charge >= 0.3 is 0 Å². The minimum absolute atomic E-state index is 0.0324. The highest BCUT2D eigenvalue weighted by Crippen LogP contribution is 2.39. The first kappa shape index (κ1) is 11.3. The monoisotopic (exact) mass is 256 g/mol. The van der Waals surface area contributed by atoms with Crippen LogP contribution in [0.1, 0.15) is 11.1 Å². The zero-order valence-corrected chi connectivity index (χ0v) is 9.70. The number of hydrogen-bond acceptors (Lipinski definition) is 4. The van der Waals surface area contributed by atoms with Gasteiger partial charge in [0.25, 0.3) is 11.4 Å². The first-order valence-electron chi connectivity index (χ1n) is 5.61. The molecule has 1 aliphatic rings. The minimum atomic E-state index is -0.441. The Morgan fingerprint density at radius 1 is 0.789 bits per heavy atom. The van der Waals surface area contributed by atoms with E-state index in [0.29, 0.717) is 6.42 Å². The molecular weight excluding hydrogens is 248 g/mol. The lowest BCUT2D eigenvalue weighted by Crippen LogP contribution is -1.89. The van der Waals surface area contributed by atoms with Crippen LogP contribution in [0.2, 0.25) is 0 Å². The lowest BCUT2D eigenvalue weighted by molar-refractivity contribution is -0.385. The van der Waals surface area contributed by atoms with Crippen molar-refractivity contribution in [3.05, 3.63) is 67.8 Å². The Kier molecular flexibility index (Phi) is 2.31. The second-order valence-corrected chi connectivity index (χ2v) is 4.37. The number of hydrogen-bond donors (Lipinski definition) is 0. The molecule has 0 amide bonds. The van der Waals surface area contributed by atoms with E-state index < -0.39 is 9.85 Å². The highest BCUT2D eigenvalue weighted by Gasteiger charge is 2.23. The van der Waals surface area contributed by atoms with E-state index in [1.54, 1.807) is 12.1 Å². The lowest BCUT2D eigenvalue weighted by atomic mass is 10.0. The fourth-order valence-corrected chi connectivity index (χ4v) is 2.39. The van der Waals surface area contributed by atoms with Crippen molar-refractivity contribution in [1.82, 2.24) is 0 Å². The SMILES string of the molecule is O=[N+]([O-])c1ccc2c(c1)Cc1ccc([N+](=O)[O-])cc1-2. The van der Waals surface area contributed by atoms with Gasteiger partial charge in [0.2, 0.25) is 0 Å². The summed E-state index contributed by atoms with van der Waals surface area (Å²) < 4.78 is 0. The Balaban J connectivity index is 2.14. The van der Waals surface area contributed by atoms with Crippen LogP contribution in [-0.2, 0) is 6.42 Å². The molecule has 0 saturated heterocycles. The maximum atomic E-state index is 10.8. The maximum Gasteiger partial charge on any atom is 0.270 e. The molecule has 6 heteroatoms. The zero-order chi connectivity index (χ0) is 13.6. The Bertz CT molecular complexity index is 725. The van der Waals surface area contributed by atoms with Crippen LogP contribution in [0.5, 0.6) is 0 Å². The van der Waals surface area contributed by atoms with Crippen LogP contribution in [0, 0.1) is 20.2 Å². The summed E-state index contributed by atoms with van der Waals surface area (Å²) in [4.78, 5) is 20.6. The summed E-state index contributed by atoms with van der Waals surface area (Å²) in [5.74, 6) is 0. The summed E-state index contributed by atoms with van der Waals surface area (Å²) in [6, 6.07) is 9.29. The standard InChI is InChI=1S/C13H8N2O4/c16-14(17)10-3-4-12-9(6-10)5-8-1-2-11(15(18)19)7-13(8)12/h1-4,6-7H,5H2. The van der Waals surface area contributed by atoms with Crippen molar-refractivity contribution in [2.24, 2.45) is 0 Å². The molecule has 0 saturated carbocycles.